The zero-order valence-corrected chi connectivity index (χ0v) is 14.6. The molecule has 0 bridgehead atoms. The summed E-state index contributed by atoms with van der Waals surface area (Å²) in [5.74, 6) is 1.11. The number of hydrogen-bond acceptors (Lipinski definition) is 5. The molecular weight excluding hydrogens is 359 g/mol. The summed E-state index contributed by atoms with van der Waals surface area (Å²) < 4.78 is 5.22. The van der Waals surface area contributed by atoms with Crippen molar-refractivity contribution in [3.05, 3.63) is 58.1 Å². The second kappa shape index (κ2) is 6.98. The first-order chi connectivity index (χ1) is 12.0. The zero-order valence-electron chi connectivity index (χ0n) is 13.1. The van der Waals surface area contributed by atoms with Crippen molar-refractivity contribution < 1.29 is 4.74 Å². The van der Waals surface area contributed by atoms with E-state index in [2.05, 4.69) is 9.97 Å². The highest BCUT2D eigenvalue weighted by atomic mass is 35.5. The van der Waals surface area contributed by atoms with Crippen molar-refractivity contribution in [2.75, 3.05) is 12.8 Å². The Hall–Kier alpha value is -2.81. The number of nitrogens with two attached hydrogens (primary N) is 1. The van der Waals surface area contributed by atoms with Crippen LogP contribution in [0.15, 0.2) is 42.5 Å². The lowest BCUT2D eigenvalue weighted by Crippen LogP contribution is -2.03. The quantitative estimate of drug-likeness (QED) is 0.728. The predicted octanol–water partition coefficient (Wildman–Crippen LogP) is 4.58. The first-order valence-electron chi connectivity index (χ1n) is 7.21. The molecule has 0 amide bonds. The fourth-order valence-corrected chi connectivity index (χ4v) is 2.85. The van der Waals surface area contributed by atoms with Crippen LogP contribution in [-0.4, -0.2) is 17.1 Å². The maximum Gasteiger partial charge on any atom is 0.162 e. The Bertz CT molecular complexity index is 999. The van der Waals surface area contributed by atoms with Crippen LogP contribution < -0.4 is 10.5 Å². The van der Waals surface area contributed by atoms with Crippen LogP contribution in [0.25, 0.3) is 22.6 Å². The van der Waals surface area contributed by atoms with Gasteiger partial charge in [0.1, 0.15) is 23.2 Å². The van der Waals surface area contributed by atoms with Gasteiger partial charge in [-0.15, -0.1) is 0 Å². The fraction of sp³-hybridized carbons (Fsp3) is 0.0556. The second-order valence-corrected chi connectivity index (χ2v) is 5.97. The minimum absolute atomic E-state index is 0.0799. The number of benzene rings is 2. The molecule has 0 saturated carbocycles. The molecular formula is C18H12Cl2N4O. The molecule has 0 radical (unpaired) electrons. The van der Waals surface area contributed by atoms with Gasteiger partial charge in [-0.25, -0.2) is 9.97 Å². The van der Waals surface area contributed by atoms with Gasteiger partial charge in [0.25, 0.3) is 0 Å². The van der Waals surface area contributed by atoms with Crippen molar-refractivity contribution >= 4 is 29.0 Å². The molecule has 0 spiro atoms. The molecule has 3 rings (SSSR count). The van der Waals surface area contributed by atoms with Crippen molar-refractivity contribution in [2.45, 2.75) is 0 Å². The topological polar surface area (TPSA) is 84.8 Å². The summed E-state index contributed by atoms with van der Waals surface area (Å²) in [6, 6.07) is 14.2. The van der Waals surface area contributed by atoms with Crippen LogP contribution in [0.3, 0.4) is 0 Å². The molecule has 0 unspecified atom stereocenters. The monoisotopic (exact) mass is 370 g/mol. The Balaban J connectivity index is 2.24. The number of ether oxygens (including phenoxy) is 1. The molecule has 0 fully saturated rings. The lowest BCUT2D eigenvalue weighted by Gasteiger charge is -2.11. The van der Waals surface area contributed by atoms with Gasteiger partial charge in [-0.05, 0) is 30.3 Å². The van der Waals surface area contributed by atoms with E-state index < -0.39 is 0 Å². The van der Waals surface area contributed by atoms with E-state index >= 15 is 0 Å². The van der Waals surface area contributed by atoms with Crippen molar-refractivity contribution in [3.8, 4) is 34.5 Å². The van der Waals surface area contributed by atoms with Crippen LogP contribution in [0.4, 0.5) is 5.82 Å². The number of methoxy groups -OCH3 is 1. The third-order valence-corrected chi connectivity index (χ3v) is 4.11. The van der Waals surface area contributed by atoms with Gasteiger partial charge in [-0.2, -0.15) is 5.26 Å². The predicted molar refractivity (Wildman–Crippen MR) is 98.6 cm³/mol. The molecule has 7 heteroatoms. The standard InChI is InChI=1S/C18H12Cl2N4O/c1-25-12-4-2-3-10(7-12)18-23-16(14(9-21)17(22)24-18)13-6-5-11(19)8-15(13)20/h2-8H,1H3,(H2,22,23,24). The number of halogens is 2. The van der Waals surface area contributed by atoms with Crippen molar-refractivity contribution in [3.63, 3.8) is 0 Å². The van der Waals surface area contributed by atoms with Gasteiger partial charge in [0.2, 0.25) is 0 Å². The molecule has 2 aromatic carbocycles. The molecule has 0 saturated heterocycles. The van der Waals surface area contributed by atoms with Gasteiger partial charge in [0.15, 0.2) is 5.82 Å². The minimum Gasteiger partial charge on any atom is -0.497 e. The van der Waals surface area contributed by atoms with Crippen LogP contribution in [0, 0.1) is 11.3 Å². The summed E-state index contributed by atoms with van der Waals surface area (Å²) >= 11 is 12.2. The highest BCUT2D eigenvalue weighted by Gasteiger charge is 2.17. The van der Waals surface area contributed by atoms with E-state index in [-0.39, 0.29) is 11.4 Å². The summed E-state index contributed by atoms with van der Waals surface area (Å²) in [5.41, 5.74) is 7.77. The molecule has 3 aromatic rings. The zero-order chi connectivity index (χ0) is 18.0. The van der Waals surface area contributed by atoms with E-state index in [1.165, 1.54) is 0 Å². The first-order valence-corrected chi connectivity index (χ1v) is 7.96. The summed E-state index contributed by atoms with van der Waals surface area (Å²) in [6.45, 7) is 0. The van der Waals surface area contributed by atoms with Gasteiger partial charge in [0, 0.05) is 16.1 Å². The van der Waals surface area contributed by atoms with E-state index in [0.29, 0.717) is 38.4 Å². The SMILES string of the molecule is COc1cccc(-c2nc(N)c(C#N)c(-c3ccc(Cl)cc3Cl)n2)c1. The van der Waals surface area contributed by atoms with Gasteiger partial charge in [0.05, 0.1) is 17.8 Å². The van der Waals surface area contributed by atoms with Crippen LogP contribution in [0.2, 0.25) is 10.0 Å². The van der Waals surface area contributed by atoms with Crippen molar-refractivity contribution in [1.29, 1.82) is 5.26 Å². The van der Waals surface area contributed by atoms with Crippen molar-refractivity contribution in [2.24, 2.45) is 0 Å². The summed E-state index contributed by atoms with van der Waals surface area (Å²) in [4.78, 5) is 8.76. The molecule has 2 N–H and O–H groups in total. The van der Waals surface area contributed by atoms with E-state index in [4.69, 9.17) is 33.7 Å². The Morgan fingerprint density at radius 2 is 1.92 bits per heavy atom. The molecule has 25 heavy (non-hydrogen) atoms. The second-order valence-electron chi connectivity index (χ2n) is 5.12. The molecule has 0 aliphatic rings. The smallest absolute Gasteiger partial charge is 0.162 e. The highest BCUT2D eigenvalue weighted by molar-refractivity contribution is 6.36. The van der Waals surface area contributed by atoms with Crippen LogP contribution >= 0.6 is 23.2 Å². The first kappa shape index (κ1) is 17.0. The maximum atomic E-state index is 9.45. The molecule has 0 aliphatic carbocycles. The number of aromatic nitrogens is 2. The van der Waals surface area contributed by atoms with Crippen molar-refractivity contribution in [1.82, 2.24) is 9.97 Å². The number of rotatable bonds is 3. The van der Waals surface area contributed by atoms with Crippen LogP contribution in [0.5, 0.6) is 5.75 Å². The molecule has 1 aromatic heterocycles. The molecule has 5 nitrogen and oxygen atoms in total. The lowest BCUT2D eigenvalue weighted by molar-refractivity contribution is 0.415. The Kier molecular flexibility index (Phi) is 4.75. The average molecular weight is 371 g/mol. The Morgan fingerprint density at radius 1 is 1.12 bits per heavy atom. The number of anilines is 1. The molecule has 124 valence electrons. The van der Waals surface area contributed by atoms with Gasteiger partial charge in [-0.3, -0.25) is 0 Å². The molecule has 0 aliphatic heterocycles. The number of nitrogen functional groups attached to an aromatic ring is 1. The third-order valence-electron chi connectivity index (χ3n) is 3.56. The number of nitrogens with zero attached hydrogens (tertiary/aromatic N) is 3. The Morgan fingerprint density at radius 3 is 2.60 bits per heavy atom. The van der Waals surface area contributed by atoms with E-state index in [1.807, 2.05) is 24.3 Å². The van der Waals surface area contributed by atoms with Crippen LogP contribution in [-0.2, 0) is 0 Å². The van der Waals surface area contributed by atoms with E-state index in [1.54, 1.807) is 31.4 Å². The third kappa shape index (κ3) is 3.36. The maximum absolute atomic E-state index is 9.45. The Labute approximate surface area is 154 Å². The summed E-state index contributed by atoms with van der Waals surface area (Å²) in [6.07, 6.45) is 0. The number of hydrogen-bond donors (Lipinski definition) is 1. The summed E-state index contributed by atoms with van der Waals surface area (Å²) in [5, 5.41) is 10.3. The largest absolute Gasteiger partial charge is 0.497 e. The normalized spacial score (nSPS) is 10.3. The fourth-order valence-electron chi connectivity index (χ4n) is 2.36. The van der Waals surface area contributed by atoms with Gasteiger partial charge < -0.3 is 10.5 Å². The van der Waals surface area contributed by atoms with E-state index in [0.717, 1.165) is 0 Å². The van der Waals surface area contributed by atoms with Crippen LogP contribution in [0.1, 0.15) is 5.56 Å². The highest BCUT2D eigenvalue weighted by Crippen LogP contribution is 2.34. The van der Waals surface area contributed by atoms with E-state index in [9.17, 15) is 5.26 Å². The van der Waals surface area contributed by atoms with Gasteiger partial charge in [-0.1, -0.05) is 35.3 Å². The molecule has 0 atom stereocenters. The minimum atomic E-state index is 0.0799. The summed E-state index contributed by atoms with van der Waals surface area (Å²) in [7, 11) is 1.58. The lowest BCUT2D eigenvalue weighted by atomic mass is 10.1. The molecule has 1 heterocycles. The average Bonchev–Trinajstić information content (AvgIpc) is 2.61. The number of nitriles is 1. The van der Waals surface area contributed by atoms with Gasteiger partial charge >= 0.3 is 0 Å².